The molecule has 0 amide bonds. The number of nitrogens with zero attached hydrogens (tertiary/aromatic N) is 1. The van der Waals surface area contributed by atoms with Crippen LogP contribution in [-0.4, -0.2) is 31.1 Å². The van der Waals surface area contributed by atoms with Gasteiger partial charge in [0.25, 0.3) is 0 Å². The fourth-order valence-electron chi connectivity index (χ4n) is 1.50. The van der Waals surface area contributed by atoms with Crippen LogP contribution in [0.2, 0.25) is 0 Å². The van der Waals surface area contributed by atoms with Crippen LogP contribution in [0.3, 0.4) is 0 Å². The summed E-state index contributed by atoms with van der Waals surface area (Å²) in [6.45, 7) is 0. The van der Waals surface area contributed by atoms with E-state index in [4.69, 9.17) is 4.42 Å². The van der Waals surface area contributed by atoms with Gasteiger partial charge in [0.15, 0.2) is 0 Å². The number of hydrogen-bond donors (Lipinski definition) is 0. The Morgan fingerprint density at radius 2 is 1.70 bits per heavy atom. The maximum absolute atomic E-state index is 12.9. The summed E-state index contributed by atoms with van der Waals surface area (Å²) < 4.78 is 27.1. The van der Waals surface area contributed by atoms with E-state index in [1.165, 1.54) is 24.3 Å². The standard InChI is InChI=1S/C13H10FNO5/c1-18-12(16)9-10(13(17)19-2)20-11(15-9)7-3-5-8(14)6-4-7/h3-6H,1-2H3. The van der Waals surface area contributed by atoms with Crippen LogP contribution >= 0.6 is 0 Å². The number of carbonyl (C=O) groups excluding carboxylic acids is 2. The normalized spacial score (nSPS) is 10.2. The number of halogens is 1. The van der Waals surface area contributed by atoms with Crippen molar-refractivity contribution in [3.63, 3.8) is 0 Å². The van der Waals surface area contributed by atoms with Crippen molar-refractivity contribution in [2.24, 2.45) is 0 Å². The van der Waals surface area contributed by atoms with Crippen LogP contribution in [0.1, 0.15) is 21.0 Å². The minimum Gasteiger partial charge on any atom is -0.464 e. The predicted octanol–water partition coefficient (Wildman–Crippen LogP) is 2.05. The molecule has 1 heterocycles. The maximum atomic E-state index is 12.9. The molecule has 0 N–H and O–H groups in total. The molecule has 1 aromatic carbocycles. The first-order valence-electron chi connectivity index (χ1n) is 5.50. The van der Waals surface area contributed by atoms with Gasteiger partial charge in [-0.15, -0.1) is 0 Å². The average Bonchev–Trinajstić information content (AvgIpc) is 2.91. The molecule has 0 aliphatic carbocycles. The van der Waals surface area contributed by atoms with E-state index in [1.54, 1.807) is 0 Å². The molecule has 1 aromatic heterocycles. The Morgan fingerprint density at radius 3 is 2.25 bits per heavy atom. The van der Waals surface area contributed by atoms with Crippen LogP contribution in [0.25, 0.3) is 11.5 Å². The minimum atomic E-state index is -0.855. The molecule has 6 nitrogen and oxygen atoms in total. The summed E-state index contributed by atoms with van der Waals surface area (Å²) >= 11 is 0. The third-order valence-corrected chi connectivity index (χ3v) is 2.47. The number of benzene rings is 1. The van der Waals surface area contributed by atoms with E-state index in [0.29, 0.717) is 5.56 Å². The summed E-state index contributed by atoms with van der Waals surface area (Å²) in [7, 11) is 2.29. The average molecular weight is 279 g/mol. The first-order valence-corrected chi connectivity index (χ1v) is 5.50. The van der Waals surface area contributed by atoms with Gasteiger partial charge >= 0.3 is 11.9 Å². The highest BCUT2D eigenvalue weighted by Crippen LogP contribution is 2.23. The Labute approximate surface area is 113 Å². The van der Waals surface area contributed by atoms with Crippen molar-refractivity contribution in [1.29, 1.82) is 0 Å². The van der Waals surface area contributed by atoms with Crippen LogP contribution in [0, 0.1) is 5.82 Å². The second-order valence-corrected chi connectivity index (χ2v) is 3.69. The van der Waals surface area contributed by atoms with Gasteiger partial charge in [-0.25, -0.2) is 19.0 Å². The number of rotatable bonds is 3. The van der Waals surface area contributed by atoms with Gasteiger partial charge in [0.05, 0.1) is 14.2 Å². The van der Waals surface area contributed by atoms with Crippen molar-refractivity contribution in [1.82, 2.24) is 4.98 Å². The van der Waals surface area contributed by atoms with Gasteiger partial charge in [-0.3, -0.25) is 0 Å². The first kappa shape index (κ1) is 13.7. The van der Waals surface area contributed by atoms with E-state index in [2.05, 4.69) is 14.5 Å². The quantitative estimate of drug-likeness (QED) is 0.800. The smallest absolute Gasteiger partial charge is 0.376 e. The monoisotopic (exact) mass is 279 g/mol. The van der Waals surface area contributed by atoms with Gasteiger partial charge < -0.3 is 13.9 Å². The van der Waals surface area contributed by atoms with Gasteiger partial charge in [0, 0.05) is 5.56 Å². The highest BCUT2D eigenvalue weighted by molar-refractivity contribution is 6.00. The van der Waals surface area contributed by atoms with Crippen LogP contribution in [0.4, 0.5) is 4.39 Å². The maximum Gasteiger partial charge on any atom is 0.376 e. The van der Waals surface area contributed by atoms with Crippen molar-refractivity contribution in [3.05, 3.63) is 41.5 Å². The summed E-state index contributed by atoms with van der Waals surface area (Å²) in [5.41, 5.74) is 0.116. The molecular weight excluding hydrogens is 269 g/mol. The van der Waals surface area contributed by atoms with E-state index < -0.39 is 17.8 Å². The predicted molar refractivity (Wildman–Crippen MR) is 64.6 cm³/mol. The summed E-state index contributed by atoms with van der Waals surface area (Å²) in [5.74, 6) is -2.49. The lowest BCUT2D eigenvalue weighted by molar-refractivity contribution is 0.0527. The van der Waals surface area contributed by atoms with Crippen molar-refractivity contribution in [2.75, 3.05) is 14.2 Å². The third-order valence-electron chi connectivity index (χ3n) is 2.47. The highest BCUT2D eigenvalue weighted by Gasteiger charge is 2.27. The molecule has 7 heteroatoms. The van der Waals surface area contributed by atoms with Crippen molar-refractivity contribution in [2.45, 2.75) is 0 Å². The highest BCUT2D eigenvalue weighted by atomic mass is 19.1. The summed E-state index contributed by atoms with van der Waals surface area (Å²) in [5, 5.41) is 0. The fraction of sp³-hybridized carbons (Fsp3) is 0.154. The Balaban J connectivity index is 2.51. The van der Waals surface area contributed by atoms with E-state index in [1.807, 2.05) is 0 Å². The van der Waals surface area contributed by atoms with Crippen LogP contribution in [0.15, 0.2) is 28.7 Å². The molecule has 0 spiro atoms. The molecular formula is C13H10FNO5. The Morgan fingerprint density at radius 1 is 1.10 bits per heavy atom. The second kappa shape index (κ2) is 5.52. The number of methoxy groups -OCH3 is 2. The molecule has 20 heavy (non-hydrogen) atoms. The summed E-state index contributed by atoms with van der Waals surface area (Å²) in [6, 6.07) is 5.22. The third kappa shape index (κ3) is 2.51. The molecule has 104 valence electrons. The molecule has 0 radical (unpaired) electrons. The Hall–Kier alpha value is -2.70. The lowest BCUT2D eigenvalue weighted by atomic mass is 10.2. The summed E-state index contributed by atoms with van der Waals surface area (Å²) in [6.07, 6.45) is 0. The van der Waals surface area contributed by atoms with Gasteiger partial charge in [-0.2, -0.15) is 0 Å². The summed E-state index contributed by atoms with van der Waals surface area (Å²) in [4.78, 5) is 27.0. The Kier molecular flexibility index (Phi) is 3.79. The minimum absolute atomic E-state index is 0.00852. The zero-order valence-corrected chi connectivity index (χ0v) is 10.7. The van der Waals surface area contributed by atoms with E-state index in [9.17, 15) is 14.0 Å². The SMILES string of the molecule is COC(=O)c1nc(-c2ccc(F)cc2)oc1C(=O)OC. The number of hydrogen-bond acceptors (Lipinski definition) is 6. The fourth-order valence-corrected chi connectivity index (χ4v) is 1.50. The lowest BCUT2D eigenvalue weighted by Gasteiger charge is -1.96. The molecule has 0 atom stereocenters. The second-order valence-electron chi connectivity index (χ2n) is 3.69. The van der Waals surface area contributed by atoms with Gasteiger partial charge in [-0.05, 0) is 24.3 Å². The van der Waals surface area contributed by atoms with Crippen molar-refractivity contribution >= 4 is 11.9 Å². The molecule has 0 aliphatic heterocycles. The van der Waals surface area contributed by atoms with E-state index >= 15 is 0 Å². The molecule has 2 rings (SSSR count). The molecule has 0 saturated carbocycles. The zero-order chi connectivity index (χ0) is 14.7. The number of oxazole rings is 1. The molecule has 0 fully saturated rings. The van der Waals surface area contributed by atoms with E-state index in [0.717, 1.165) is 14.2 Å². The van der Waals surface area contributed by atoms with Crippen LogP contribution < -0.4 is 0 Å². The Bertz CT molecular complexity index is 614. The number of ether oxygens (including phenoxy) is 2. The van der Waals surface area contributed by atoms with Crippen LogP contribution in [-0.2, 0) is 9.47 Å². The number of aromatic nitrogens is 1. The van der Waals surface area contributed by atoms with Gasteiger partial charge in [0.1, 0.15) is 5.82 Å². The lowest BCUT2D eigenvalue weighted by Crippen LogP contribution is -2.10. The molecule has 0 unspecified atom stereocenters. The largest absolute Gasteiger partial charge is 0.464 e. The number of carbonyl (C=O) groups is 2. The van der Waals surface area contributed by atoms with E-state index in [-0.39, 0.29) is 17.3 Å². The molecule has 0 aliphatic rings. The zero-order valence-electron chi connectivity index (χ0n) is 10.7. The van der Waals surface area contributed by atoms with Crippen LogP contribution in [0.5, 0.6) is 0 Å². The molecule has 2 aromatic rings. The van der Waals surface area contributed by atoms with Gasteiger partial charge in [-0.1, -0.05) is 0 Å². The van der Waals surface area contributed by atoms with Gasteiger partial charge in [0.2, 0.25) is 17.3 Å². The molecule has 0 bridgehead atoms. The number of esters is 2. The van der Waals surface area contributed by atoms with Crippen molar-refractivity contribution in [3.8, 4) is 11.5 Å². The molecule has 0 saturated heterocycles. The van der Waals surface area contributed by atoms with Crippen molar-refractivity contribution < 1.29 is 27.9 Å². The topological polar surface area (TPSA) is 78.6 Å². The first-order chi connectivity index (χ1) is 9.56.